The number of benzene rings is 1. The van der Waals surface area contributed by atoms with Crippen molar-refractivity contribution in [1.82, 2.24) is 10.6 Å². The smallest absolute Gasteiger partial charge is 0.329 e. The quantitative estimate of drug-likeness (QED) is 0.567. The van der Waals surface area contributed by atoms with Crippen LogP contribution in [0.25, 0.3) is 0 Å². The number of terminal acetylenes is 1. The molecule has 0 aliphatic carbocycles. The van der Waals surface area contributed by atoms with Gasteiger partial charge in [-0.2, -0.15) is 0 Å². The first kappa shape index (κ1) is 22.2. The van der Waals surface area contributed by atoms with Gasteiger partial charge < -0.3 is 15.4 Å². The number of carbonyl (C=O) groups excluding carboxylic acids is 3. The molecule has 27 heavy (non-hydrogen) atoms. The van der Waals surface area contributed by atoms with Crippen LogP contribution in [0.5, 0.6) is 0 Å². The molecule has 0 aromatic heterocycles. The van der Waals surface area contributed by atoms with E-state index in [1.54, 1.807) is 26.0 Å². The number of ether oxygens (including phenoxy) is 1. The average molecular weight is 372 g/mol. The number of nitrogens with one attached hydrogen (secondary N) is 2. The van der Waals surface area contributed by atoms with E-state index in [1.165, 1.54) is 0 Å². The Balaban J connectivity index is 2.73. The van der Waals surface area contributed by atoms with Crippen LogP contribution in [0.15, 0.2) is 24.3 Å². The minimum absolute atomic E-state index is 0.0146. The van der Waals surface area contributed by atoms with Crippen molar-refractivity contribution in [2.45, 2.75) is 46.1 Å². The van der Waals surface area contributed by atoms with Gasteiger partial charge in [-0.15, -0.1) is 6.42 Å². The summed E-state index contributed by atoms with van der Waals surface area (Å²) < 4.78 is 4.99. The molecule has 0 saturated heterocycles. The molecule has 0 heterocycles. The van der Waals surface area contributed by atoms with E-state index in [0.29, 0.717) is 5.56 Å². The molecule has 2 amide bonds. The number of esters is 1. The normalized spacial score (nSPS) is 12.0. The minimum atomic E-state index is -0.861. The second kappa shape index (κ2) is 9.77. The van der Waals surface area contributed by atoms with Gasteiger partial charge in [0.2, 0.25) is 0 Å². The van der Waals surface area contributed by atoms with Crippen molar-refractivity contribution in [3.63, 3.8) is 0 Å². The van der Waals surface area contributed by atoms with E-state index in [0.717, 1.165) is 5.56 Å². The first-order valence-corrected chi connectivity index (χ1v) is 8.84. The van der Waals surface area contributed by atoms with Crippen molar-refractivity contribution < 1.29 is 19.1 Å². The molecule has 0 spiro atoms. The van der Waals surface area contributed by atoms with E-state index >= 15 is 0 Å². The van der Waals surface area contributed by atoms with Gasteiger partial charge in [0.15, 0.2) is 6.61 Å². The Morgan fingerprint density at radius 3 is 2.22 bits per heavy atom. The summed E-state index contributed by atoms with van der Waals surface area (Å²) in [6.45, 7) is 9.46. The van der Waals surface area contributed by atoms with Crippen LogP contribution in [0.4, 0.5) is 0 Å². The topological polar surface area (TPSA) is 84.5 Å². The van der Waals surface area contributed by atoms with Crippen molar-refractivity contribution in [2.24, 2.45) is 5.92 Å². The molecular weight excluding hydrogens is 344 g/mol. The molecule has 0 radical (unpaired) electrons. The lowest BCUT2D eigenvalue weighted by atomic mass is 9.86. The Labute approximate surface area is 161 Å². The van der Waals surface area contributed by atoms with Crippen LogP contribution in [0, 0.1) is 18.3 Å². The molecule has 1 atom stereocenters. The molecule has 1 rings (SSSR count). The number of rotatable bonds is 7. The van der Waals surface area contributed by atoms with Crippen LogP contribution >= 0.6 is 0 Å². The van der Waals surface area contributed by atoms with E-state index < -0.39 is 24.5 Å². The van der Waals surface area contributed by atoms with Crippen molar-refractivity contribution in [1.29, 1.82) is 0 Å². The van der Waals surface area contributed by atoms with E-state index in [2.05, 4.69) is 37.3 Å². The molecule has 0 fully saturated rings. The van der Waals surface area contributed by atoms with Gasteiger partial charge in [0, 0.05) is 5.56 Å². The monoisotopic (exact) mass is 372 g/mol. The van der Waals surface area contributed by atoms with Crippen LogP contribution in [0.3, 0.4) is 0 Å². The molecule has 6 heteroatoms. The number of hydrogen-bond donors (Lipinski definition) is 2. The summed E-state index contributed by atoms with van der Waals surface area (Å²) in [5.74, 6) is 0.519. The maximum absolute atomic E-state index is 12.5. The zero-order chi connectivity index (χ0) is 20.6. The van der Waals surface area contributed by atoms with Gasteiger partial charge in [0.05, 0.1) is 6.54 Å². The third-order valence-corrected chi connectivity index (χ3v) is 3.95. The van der Waals surface area contributed by atoms with Crippen LogP contribution < -0.4 is 10.6 Å². The summed E-state index contributed by atoms with van der Waals surface area (Å²) >= 11 is 0. The van der Waals surface area contributed by atoms with Crippen molar-refractivity contribution in [3.8, 4) is 12.3 Å². The summed E-state index contributed by atoms with van der Waals surface area (Å²) in [5, 5.41) is 5.08. The second-order valence-corrected chi connectivity index (χ2v) is 7.61. The van der Waals surface area contributed by atoms with E-state index in [4.69, 9.17) is 11.2 Å². The zero-order valence-electron chi connectivity index (χ0n) is 16.6. The fourth-order valence-electron chi connectivity index (χ4n) is 2.27. The van der Waals surface area contributed by atoms with Crippen LogP contribution in [0.2, 0.25) is 0 Å². The Morgan fingerprint density at radius 2 is 1.74 bits per heavy atom. The standard InChI is InChI=1S/C21H28N2O4/c1-7-12-22-17(24)13-27-20(26)18(14(2)3)23-19(25)15-8-10-16(11-9-15)21(4,5)6/h1,8-11,14,18H,12-13H2,2-6H3,(H,22,24)(H,23,25)/t18-/m0/s1. The van der Waals surface area contributed by atoms with Crippen molar-refractivity contribution >= 4 is 17.8 Å². The summed E-state index contributed by atoms with van der Waals surface area (Å²) in [6.07, 6.45) is 5.04. The molecule has 0 bridgehead atoms. The number of amides is 2. The fourth-order valence-corrected chi connectivity index (χ4v) is 2.27. The van der Waals surface area contributed by atoms with Crippen molar-refractivity contribution in [2.75, 3.05) is 13.2 Å². The van der Waals surface area contributed by atoms with E-state index in [9.17, 15) is 14.4 Å². The third kappa shape index (κ3) is 7.14. The maximum Gasteiger partial charge on any atom is 0.329 e. The molecule has 0 aliphatic rings. The van der Waals surface area contributed by atoms with Gasteiger partial charge in [0.1, 0.15) is 6.04 Å². The van der Waals surface area contributed by atoms with Gasteiger partial charge in [-0.25, -0.2) is 4.79 Å². The lowest BCUT2D eigenvalue weighted by Gasteiger charge is -2.21. The SMILES string of the molecule is C#CCNC(=O)COC(=O)[C@@H](NC(=O)c1ccc(C(C)(C)C)cc1)C(C)C. The predicted octanol–water partition coefficient (Wildman–Crippen LogP) is 2.03. The lowest BCUT2D eigenvalue weighted by Crippen LogP contribution is -2.46. The molecule has 1 aromatic rings. The Hall–Kier alpha value is -2.81. The first-order valence-electron chi connectivity index (χ1n) is 8.84. The maximum atomic E-state index is 12.5. The molecule has 6 nitrogen and oxygen atoms in total. The Kier molecular flexibility index (Phi) is 8.04. The number of carbonyl (C=O) groups is 3. The molecule has 146 valence electrons. The zero-order valence-corrected chi connectivity index (χ0v) is 16.6. The van der Waals surface area contributed by atoms with Gasteiger partial charge in [-0.1, -0.05) is 52.7 Å². The first-order chi connectivity index (χ1) is 12.6. The van der Waals surface area contributed by atoms with Gasteiger partial charge in [-0.05, 0) is 29.0 Å². The minimum Gasteiger partial charge on any atom is -0.454 e. The van der Waals surface area contributed by atoms with Gasteiger partial charge in [0.25, 0.3) is 11.8 Å². The summed E-state index contributed by atoms with van der Waals surface area (Å²) in [5.41, 5.74) is 1.55. The van der Waals surface area contributed by atoms with Crippen LogP contribution in [-0.2, 0) is 19.7 Å². The molecule has 0 saturated carbocycles. The molecule has 1 aromatic carbocycles. The Morgan fingerprint density at radius 1 is 1.15 bits per heavy atom. The van der Waals surface area contributed by atoms with Crippen LogP contribution in [-0.4, -0.2) is 37.0 Å². The molecule has 2 N–H and O–H groups in total. The largest absolute Gasteiger partial charge is 0.454 e. The molecule has 0 unspecified atom stereocenters. The highest BCUT2D eigenvalue weighted by atomic mass is 16.5. The summed E-state index contributed by atoms with van der Waals surface area (Å²) in [4.78, 5) is 36.2. The summed E-state index contributed by atoms with van der Waals surface area (Å²) in [7, 11) is 0. The van der Waals surface area contributed by atoms with E-state index in [1.807, 2.05) is 12.1 Å². The highest BCUT2D eigenvalue weighted by Gasteiger charge is 2.27. The highest BCUT2D eigenvalue weighted by molar-refractivity contribution is 5.97. The Bertz CT molecular complexity index is 709. The third-order valence-electron chi connectivity index (χ3n) is 3.95. The van der Waals surface area contributed by atoms with E-state index in [-0.39, 0.29) is 23.8 Å². The van der Waals surface area contributed by atoms with Crippen LogP contribution in [0.1, 0.15) is 50.5 Å². The van der Waals surface area contributed by atoms with Gasteiger partial charge >= 0.3 is 5.97 Å². The average Bonchev–Trinajstić information content (AvgIpc) is 2.61. The second-order valence-electron chi connectivity index (χ2n) is 7.61. The lowest BCUT2D eigenvalue weighted by molar-refractivity contribution is -0.151. The predicted molar refractivity (Wildman–Crippen MR) is 104 cm³/mol. The summed E-state index contributed by atoms with van der Waals surface area (Å²) in [6, 6.07) is 6.39. The number of hydrogen-bond acceptors (Lipinski definition) is 4. The molecular formula is C21H28N2O4. The molecule has 0 aliphatic heterocycles. The van der Waals surface area contributed by atoms with Crippen molar-refractivity contribution in [3.05, 3.63) is 35.4 Å². The van der Waals surface area contributed by atoms with Gasteiger partial charge in [-0.3, -0.25) is 9.59 Å². The fraction of sp³-hybridized carbons (Fsp3) is 0.476. The highest BCUT2D eigenvalue weighted by Crippen LogP contribution is 2.22.